The Morgan fingerprint density at radius 1 is 1.11 bits per heavy atom. The van der Waals surface area contributed by atoms with Gasteiger partial charge in [-0.05, 0) is 67.7 Å². The molecule has 2 fully saturated rings. The van der Waals surface area contributed by atoms with Crippen LogP contribution in [-0.4, -0.2) is 54.3 Å². The van der Waals surface area contributed by atoms with Gasteiger partial charge >= 0.3 is 0 Å². The number of aromatic nitrogens is 7. The summed E-state index contributed by atoms with van der Waals surface area (Å²) < 4.78 is 9.57. The summed E-state index contributed by atoms with van der Waals surface area (Å²) in [6.45, 7) is 13.5. The predicted molar refractivity (Wildman–Crippen MR) is 149 cm³/mol. The number of nitrogens with zero attached hydrogens (tertiary/aromatic N) is 6. The van der Waals surface area contributed by atoms with E-state index in [2.05, 4.69) is 82.4 Å². The molecule has 0 aromatic carbocycles. The van der Waals surface area contributed by atoms with Crippen molar-refractivity contribution in [2.24, 2.45) is 0 Å². The zero-order valence-electron chi connectivity index (χ0n) is 22.6. The molecule has 1 unspecified atom stereocenters. The molecule has 2 aliphatic rings. The number of morpholine rings is 1. The molecule has 0 spiro atoms. The third kappa shape index (κ3) is 3.65. The number of pyridine rings is 1. The first-order valence-electron chi connectivity index (χ1n) is 13.6. The van der Waals surface area contributed by atoms with Crippen molar-refractivity contribution in [1.82, 2.24) is 39.9 Å². The maximum Gasteiger partial charge on any atom is 0.158 e. The van der Waals surface area contributed by atoms with Crippen LogP contribution in [0.15, 0.2) is 18.7 Å². The molecule has 0 amide bonds. The minimum absolute atomic E-state index is 0.148. The van der Waals surface area contributed by atoms with Crippen LogP contribution in [0.2, 0.25) is 0 Å². The third-order valence-electron chi connectivity index (χ3n) is 8.60. The Hall–Kier alpha value is -3.08. The highest BCUT2D eigenvalue weighted by Gasteiger charge is 2.36. The number of hydrogen-bond acceptors (Lipinski definition) is 7. The average molecular weight is 531 g/mol. The molecule has 6 heterocycles. The van der Waals surface area contributed by atoms with Crippen LogP contribution in [0.1, 0.15) is 83.4 Å². The Kier molecular flexibility index (Phi) is 5.68. The van der Waals surface area contributed by atoms with E-state index in [4.69, 9.17) is 4.74 Å². The molecule has 10 heteroatoms. The fourth-order valence-electron chi connectivity index (χ4n) is 6.28. The molecule has 0 bridgehead atoms. The van der Waals surface area contributed by atoms with Crippen LogP contribution in [0.4, 0.5) is 0 Å². The van der Waals surface area contributed by atoms with Crippen molar-refractivity contribution in [2.45, 2.75) is 71.4 Å². The molecular weight excluding hydrogens is 496 g/mol. The normalized spacial score (nSPS) is 22.1. The quantitative estimate of drug-likeness (QED) is 0.318. The van der Waals surface area contributed by atoms with Crippen LogP contribution in [0.5, 0.6) is 0 Å². The van der Waals surface area contributed by atoms with Gasteiger partial charge in [0.2, 0.25) is 0 Å². The standard InChI is InChI=1S/C28H34N8OS/c1-14(2)23-24-17(5)26(18-8-19(9-18)35-11-21(33-34-35)22-12-37-7-6-29-22)38-28(24)32-25(23)20-10-36-27(30-13-31-36)16(4)15(20)3/h10-11,13-14,18-19,22,29,32H,6-9,12H2,1-5H3. The molecule has 2 N–H and O–H groups in total. The van der Waals surface area contributed by atoms with Crippen LogP contribution >= 0.6 is 11.3 Å². The van der Waals surface area contributed by atoms with Gasteiger partial charge < -0.3 is 15.0 Å². The van der Waals surface area contributed by atoms with E-state index in [0.717, 1.165) is 37.3 Å². The first-order valence-corrected chi connectivity index (χ1v) is 14.4. The molecule has 1 saturated carbocycles. The highest BCUT2D eigenvalue weighted by molar-refractivity contribution is 7.19. The van der Waals surface area contributed by atoms with Crippen molar-refractivity contribution >= 4 is 27.2 Å². The number of aromatic amines is 1. The minimum Gasteiger partial charge on any atom is -0.378 e. The maximum atomic E-state index is 5.60. The fourth-order valence-corrected chi connectivity index (χ4v) is 7.64. The van der Waals surface area contributed by atoms with Crippen LogP contribution in [0, 0.1) is 20.8 Å². The van der Waals surface area contributed by atoms with Gasteiger partial charge in [-0.2, -0.15) is 5.10 Å². The van der Waals surface area contributed by atoms with E-state index >= 15 is 0 Å². The fraction of sp³-hybridized carbons (Fsp3) is 0.500. The van der Waals surface area contributed by atoms with Crippen molar-refractivity contribution in [3.8, 4) is 11.3 Å². The van der Waals surface area contributed by atoms with Gasteiger partial charge in [-0.1, -0.05) is 19.1 Å². The van der Waals surface area contributed by atoms with Gasteiger partial charge in [0, 0.05) is 28.6 Å². The Morgan fingerprint density at radius 2 is 1.95 bits per heavy atom. The van der Waals surface area contributed by atoms with Crippen molar-refractivity contribution in [2.75, 3.05) is 19.8 Å². The average Bonchev–Trinajstić information content (AvgIpc) is 3.67. The van der Waals surface area contributed by atoms with E-state index in [1.54, 1.807) is 6.33 Å². The van der Waals surface area contributed by atoms with E-state index < -0.39 is 0 Å². The van der Waals surface area contributed by atoms with Crippen LogP contribution in [-0.2, 0) is 4.74 Å². The number of thiophene rings is 1. The van der Waals surface area contributed by atoms with Crippen molar-refractivity contribution in [3.05, 3.63) is 51.5 Å². The molecule has 1 atom stereocenters. The molecule has 1 aliphatic heterocycles. The van der Waals surface area contributed by atoms with E-state index in [9.17, 15) is 0 Å². The van der Waals surface area contributed by atoms with Gasteiger partial charge in [0.1, 0.15) is 16.9 Å². The lowest BCUT2D eigenvalue weighted by molar-refractivity contribution is 0.0755. The third-order valence-corrected chi connectivity index (χ3v) is 9.97. The molecular formula is C28H34N8OS. The molecule has 5 aromatic rings. The maximum absolute atomic E-state index is 5.60. The summed E-state index contributed by atoms with van der Waals surface area (Å²) in [6, 6.07) is 0.556. The summed E-state index contributed by atoms with van der Waals surface area (Å²) in [6.07, 6.45) is 8.07. The number of rotatable bonds is 5. The lowest BCUT2D eigenvalue weighted by Gasteiger charge is -2.35. The summed E-state index contributed by atoms with van der Waals surface area (Å²) in [4.78, 5) is 11.1. The second-order valence-corrected chi connectivity index (χ2v) is 12.3. The molecule has 38 heavy (non-hydrogen) atoms. The van der Waals surface area contributed by atoms with Crippen molar-refractivity contribution in [3.63, 3.8) is 0 Å². The van der Waals surface area contributed by atoms with Gasteiger partial charge in [0.25, 0.3) is 0 Å². The second-order valence-electron chi connectivity index (χ2n) is 11.2. The minimum atomic E-state index is 0.148. The lowest BCUT2D eigenvalue weighted by atomic mass is 9.78. The number of aryl methyl sites for hydroxylation is 2. The molecule has 9 nitrogen and oxygen atoms in total. The summed E-state index contributed by atoms with van der Waals surface area (Å²) in [5, 5.41) is 18.2. The number of hydrogen-bond donors (Lipinski definition) is 2. The van der Waals surface area contributed by atoms with Crippen LogP contribution in [0.25, 0.3) is 27.1 Å². The summed E-state index contributed by atoms with van der Waals surface area (Å²) in [5.74, 6) is 0.958. The van der Waals surface area contributed by atoms with E-state index in [-0.39, 0.29) is 6.04 Å². The number of H-pyrrole nitrogens is 1. The SMILES string of the molecule is Cc1c(-c2[nH]c3sc(C4CC(n5cc(C6COCCN6)nn5)C4)c(C)c3c2C(C)C)cn2ncnc2c1C. The number of ether oxygens (including phenoxy) is 1. The summed E-state index contributed by atoms with van der Waals surface area (Å²) >= 11 is 1.93. The van der Waals surface area contributed by atoms with Gasteiger partial charge in [0.05, 0.1) is 37.2 Å². The first-order chi connectivity index (χ1) is 18.4. The highest BCUT2D eigenvalue weighted by atomic mass is 32.1. The summed E-state index contributed by atoms with van der Waals surface area (Å²) in [5.41, 5.74) is 9.59. The highest BCUT2D eigenvalue weighted by Crippen LogP contribution is 2.51. The zero-order valence-corrected chi connectivity index (χ0v) is 23.4. The van der Waals surface area contributed by atoms with Crippen LogP contribution in [0.3, 0.4) is 0 Å². The number of nitrogens with one attached hydrogen (secondary N) is 2. The lowest BCUT2D eigenvalue weighted by Crippen LogP contribution is -2.34. The smallest absolute Gasteiger partial charge is 0.158 e. The Morgan fingerprint density at radius 3 is 2.71 bits per heavy atom. The topological polar surface area (TPSA) is 97.9 Å². The van der Waals surface area contributed by atoms with Gasteiger partial charge in [-0.3, -0.25) is 0 Å². The van der Waals surface area contributed by atoms with E-state index in [1.807, 2.05) is 15.9 Å². The largest absolute Gasteiger partial charge is 0.378 e. The Labute approximate surface area is 225 Å². The monoisotopic (exact) mass is 530 g/mol. The van der Waals surface area contributed by atoms with E-state index in [1.165, 1.54) is 48.6 Å². The molecule has 5 aromatic heterocycles. The Bertz CT molecular complexity index is 1640. The van der Waals surface area contributed by atoms with Crippen molar-refractivity contribution < 1.29 is 4.74 Å². The molecule has 1 aliphatic carbocycles. The van der Waals surface area contributed by atoms with Gasteiger partial charge in [-0.25, -0.2) is 14.2 Å². The van der Waals surface area contributed by atoms with Gasteiger partial charge in [-0.15, -0.1) is 16.4 Å². The first kappa shape index (κ1) is 24.0. The predicted octanol–water partition coefficient (Wildman–Crippen LogP) is 5.36. The van der Waals surface area contributed by atoms with Crippen LogP contribution < -0.4 is 5.32 Å². The molecule has 198 valence electrons. The second kappa shape index (κ2) is 9.00. The molecule has 0 radical (unpaired) electrons. The summed E-state index contributed by atoms with van der Waals surface area (Å²) in [7, 11) is 0. The number of fused-ring (bicyclic) bond motifs is 2. The molecule has 7 rings (SSSR count). The van der Waals surface area contributed by atoms with Crippen molar-refractivity contribution in [1.29, 1.82) is 0 Å². The zero-order chi connectivity index (χ0) is 26.1. The Balaban J connectivity index is 1.18. The van der Waals surface area contributed by atoms with Gasteiger partial charge in [0.15, 0.2) is 5.65 Å². The molecule has 1 saturated heterocycles. The van der Waals surface area contributed by atoms with E-state index in [0.29, 0.717) is 24.5 Å².